The van der Waals surface area contributed by atoms with Crippen LogP contribution in [-0.4, -0.2) is 21.7 Å². The molecule has 0 spiro atoms. The predicted molar refractivity (Wildman–Crippen MR) is 90.7 cm³/mol. The average Bonchev–Trinajstić information content (AvgIpc) is 2.99. The second kappa shape index (κ2) is 6.33. The molecule has 3 aromatic rings. The van der Waals surface area contributed by atoms with E-state index in [1.54, 1.807) is 12.1 Å². The van der Waals surface area contributed by atoms with Crippen molar-refractivity contribution in [3.63, 3.8) is 0 Å². The van der Waals surface area contributed by atoms with Gasteiger partial charge in [-0.2, -0.15) is 0 Å². The van der Waals surface area contributed by atoms with Gasteiger partial charge in [0.25, 0.3) is 5.56 Å². The van der Waals surface area contributed by atoms with E-state index in [1.807, 2.05) is 35.9 Å². The Kier molecular flexibility index (Phi) is 4.26. The fraction of sp³-hybridized carbons (Fsp3) is 0.133. The standard InChI is InChI=1S/C15H13N3O2S2/c1-21-15-17-11-7-8-22-13(11)14(20)18(15)9-12(19)16-10-5-3-2-4-6-10/h2-8H,9H2,1H3,(H,16,19). The third kappa shape index (κ3) is 2.90. The van der Waals surface area contributed by atoms with E-state index in [4.69, 9.17) is 0 Å². The lowest BCUT2D eigenvalue weighted by atomic mass is 10.3. The Morgan fingerprint density at radius 3 is 2.82 bits per heavy atom. The number of para-hydroxylation sites is 1. The van der Waals surface area contributed by atoms with Gasteiger partial charge in [-0.25, -0.2) is 4.98 Å². The van der Waals surface area contributed by atoms with Gasteiger partial charge >= 0.3 is 0 Å². The summed E-state index contributed by atoms with van der Waals surface area (Å²) in [5, 5.41) is 5.15. The molecule has 0 aliphatic heterocycles. The number of benzene rings is 1. The molecule has 0 aliphatic rings. The molecule has 112 valence electrons. The van der Waals surface area contributed by atoms with Crippen molar-refractivity contribution < 1.29 is 4.79 Å². The van der Waals surface area contributed by atoms with Crippen LogP contribution in [0.25, 0.3) is 10.2 Å². The van der Waals surface area contributed by atoms with Gasteiger partial charge in [0, 0.05) is 5.69 Å². The van der Waals surface area contributed by atoms with Crippen LogP contribution < -0.4 is 10.9 Å². The molecule has 0 unspecified atom stereocenters. The first-order valence-corrected chi connectivity index (χ1v) is 8.66. The second-order valence-corrected chi connectivity index (χ2v) is 6.23. The topological polar surface area (TPSA) is 64.0 Å². The molecule has 0 radical (unpaired) electrons. The van der Waals surface area contributed by atoms with E-state index in [0.29, 0.717) is 21.1 Å². The molecule has 1 aromatic carbocycles. The summed E-state index contributed by atoms with van der Waals surface area (Å²) in [6, 6.07) is 11.0. The molecule has 0 atom stereocenters. The lowest BCUT2D eigenvalue weighted by Gasteiger charge is -2.10. The smallest absolute Gasteiger partial charge is 0.272 e. The van der Waals surface area contributed by atoms with Crippen molar-refractivity contribution in [3.8, 4) is 0 Å². The quantitative estimate of drug-likeness (QED) is 0.590. The molecule has 3 rings (SSSR count). The second-order valence-electron chi connectivity index (χ2n) is 4.54. The highest BCUT2D eigenvalue weighted by Crippen LogP contribution is 2.19. The molecule has 2 heterocycles. The van der Waals surface area contributed by atoms with Gasteiger partial charge in [0.1, 0.15) is 11.2 Å². The van der Waals surface area contributed by atoms with Crippen LogP contribution in [0.15, 0.2) is 51.7 Å². The number of hydrogen-bond acceptors (Lipinski definition) is 5. The molecular formula is C15H13N3O2S2. The highest BCUT2D eigenvalue weighted by Gasteiger charge is 2.14. The van der Waals surface area contributed by atoms with Gasteiger partial charge in [0.15, 0.2) is 5.16 Å². The molecule has 0 saturated carbocycles. The maximum atomic E-state index is 12.5. The third-order valence-corrected chi connectivity index (χ3v) is 4.64. The number of nitrogens with zero attached hydrogens (tertiary/aromatic N) is 2. The largest absolute Gasteiger partial charge is 0.325 e. The van der Waals surface area contributed by atoms with Crippen molar-refractivity contribution in [3.05, 3.63) is 52.1 Å². The molecule has 1 N–H and O–H groups in total. The van der Waals surface area contributed by atoms with Gasteiger partial charge in [-0.1, -0.05) is 30.0 Å². The number of carbonyl (C=O) groups is 1. The van der Waals surface area contributed by atoms with E-state index in [0.717, 1.165) is 0 Å². The van der Waals surface area contributed by atoms with E-state index in [9.17, 15) is 9.59 Å². The number of anilines is 1. The molecule has 1 amide bonds. The fourth-order valence-electron chi connectivity index (χ4n) is 2.08. The number of carbonyl (C=O) groups excluding carboxylic acids is 1. The lowest BCUT2D eigenvalue weighted by molar-refractivity contribution is -0.116. The van der Waals surface area contributed by atoms with Crippen LogP contribution in [-0.2, 0) is 11.3 Å². The number of hydrogen-bond donors (Lipinski definition) is 1. The van der Waals surface area contributed by atoms with Crippen LogP contribution in [0.1, 0.15) is 0 Å². The summed E-state index contributed by atoms with van der Waals surface area (Å²) in [7, 11) is 0. The number of fused-ring (bicyclic) bond motifs is 1. The third-order valence-electron chi connectivity index (χ3n) is 3.07. The van der Waals surface area contributed by atoms with Crippen LogP contribution in [0.2, 0.25) is 0 Å². The van der Waals surface area contributed by atoms with E-state index in [1.165, 1.54) is 27.7 Å². The zero-order valence-corrected chi connectivity index (χ0v) is 13.4. The molecule has 7 heteroatoms. The van der Waals surface area contributed by atoms with Crippen LogP contribution >= 0.6 is 23.1 Å². The average molecular weight is 331 g/mol. The van der Waals surface area contributed by atoms with Crippen molar-refractivity contribution in [1.82, 2.24) is 9.55 Å². The Labute approximate surface area is 135 Å². The van der Waals surface area contributed by atoms with Gasteiger partial charge in [-0.05, 0) is 29.8 Å². The van der Waals surface area contributed by atoms with Gasteiger partial charge in [-0.3, -0.25) is 14.2 Å². The summed E-state index contributed by atoms with van der Waals surface area (Å²) in [5.74, 6) is -0.249. The first-order valence-electron chi connectivity index (χ1n) is 6.56. The van der Waals surface area contributed by atoms with Gasteiger partial charge in [-0.15, -0.1) is 11.3 Å². The highest BCUT2D eigenvalue weighted by molar-refractivity contribution is 7.98. The number of thioether (sulfide) groups is 1. The maximum Gasteiger partial charge on any atom is 0.272 e. The Morgan fingerprint density at radius 2 is 2.09 bits per heavy atom. The van der Waals surface area contributed by atoms with Crippen LogP contribution in [0.5, 0.6) is 0 Å². The van der Waals surface area contributed by atoms with Crippen molar-refractivity contribution >= 4 is 44.9 Å². The highest BCUT2D eigenvalue weighted by atomic mass is 32.2. The first kappa shape index (κ1) is 14.8. The molecule has 22 heavy (non-hydrogen) atoms. The van der Waals surface area contributed by atoms with Crippen LogP contribution in [0.4, 0.5) is 5.69 Å². The number of nitrogens with one attached hydrogen (secondary N) is 1. The van der Waals surface area contributed by atoms with Crippen molar-refractivity contribution in [2.24, 2.45) is 0 Å². The van der Waals surface area contributed by atoms with Crippen molar-refractivity contribution in [2.75, 3.05) is 11.6 Å². The Hall–Kier alpha value is -2.12. The van der Waals surface area contributed by atoms with E-state index >= 15 is 0 Å². The zero-order chi connectivity index (χ0) is 15.5. The summed E-state index contributed by atoms with van der Waals surface area (Å²) in [6.07, 6.45) is 1.84. The van der Waals surface area contributed by atoms with E-state index < -0.39 is 0 Å². The Morgan fingerprint density at radius 1 is 1.32 bits per heavy atom. The lowest BCUT2D eigenvalue weighted by Crippen LogP contribution is -2.29. The molecule has 5 nitrogen and oxygen atoms in total. The van der Waals surface area contributed by atoms with Gasteiger partial charge in [0.05, 0.1) is 5.52 Å². The van der Waals surface area contributed by atoms with Crippen molar-refractivity contribution in [2.45, 2.75) is 11.7 Å². The van der Waals surface area contributed by atoms with Gasteiger partial charge in [0.2, 0.25) is 5.91 Å². The molecule has 0 saturated heterocycles. The summed E-state index contributed by atoms with van der Waals surface area (Å²) in [6.45, 7) is -0.0509. The normalized spacial score (nSPS) is 10.8. The molecular weight excluding hydrogens is 318 g/mol. The number of amides is 1. The zero-order valence-electron chi connectivity index (χ0n) is 11.8. The van der Waals surface area contributed by atoms with Crippen LogP contribution in [0, 0.1) is 0 Å². The molecule has 0 bridgehead atoms. The minimum absolute atomic E-state index is 0.0509. The molecule has 2 aromatic heterocycles. The summed E-state index contributed by atoms with van der Waals surface area (Å²) >= 11 is 2.69. The van der Waals surface area contributed by atoms with E-state index in [-0.39, 0.29) is 18.0 Å². The minimum Gasteiger partial charge on any atom is -0.325 e. The summed E-state index contributed by atoms with van der Waals surface area (Å²) < 4.78 is 1.99. The molecule has 0 fully saturated rings. The predicted octanol–water partition coefficient (Wildman–Crippen LogP) is 2.82. The fourth-order valence-corrected chi connectivity index (χ4v) is 3.42. The Balaban J connectivity index is 1.91. The first-order chi connectivity index (χ1) is 10.7. The Bertz CT molecular complexity index is 871. The molecule has 0 aliphatic carbocycles. The number of rotatable bonds is 4. The van der Waals surface area contributed by atoms with Crippen LogP contribution in [0.3, 0.4) is 0 Å². The SMILES string of the molecule is CSc1nc2ccsc2c(=O)n1CC(=O)Nc1ccccc1. The summed E-state index contributed by atoms with van der Waals surface area (Å²) in [5.41, 5.74) is 1.21. The maximum absolute atomic E-state index is 12.5. The van der Waals surface area contributed by atoms with E-state index in [2.05, 4.69) is 10.3 Å². The van der Waals surface area contributed by atoms with Crippen molar-refractivity contribution in [1.29, 1.82) is 0 Å². The number of thiophene rings is 1. The monoisotopic (exact) mass is 331 g/mol. The number of aromatic nitrogens is 2. The minimum atomic E-state index is -0.249. The van der Waals surface area contributed by atoms with Gasteiger partial charge < -0.3 is 5.32 Å². The summed E-state index contributed by atoms with van der Waals surface area (Å²) in [4.78, 5) is 29.1.